The van der Waals surface area contributed by atoms with E-state index in [0.717, 1.165) is 6.26 Å². The Labute approximate surface area is 477 Å². The van der Waals surface area contributed by atoms with Crippen LogP contribution in [0.5, 0.6) is 11.5 Å². The van der Waals surface area contributed by atoms with Crippen molar-refractivity contribution in [2.24, 2.45) is 39.9 Å². The van der Waals surface area contributed by atoms with Gasteiger partial charge in [0.15, 0.2) is 22.8 Å². The van der Waals surface area contributed by atoms with E-state index in [-0.39, 0.29) is 60.4 Å². The zero-order chi connectivity index (χ0) is 63.3. The number of nitrogens with one attached hydrogen (secondary N) is 1. The predicted octanol–water partition coefficient (Wildman–Crippen LogP) is -2.77. The highest BCUT2D eigenvalue weighted by atomic mass is 32.3. The summed E-state index contributed by atoms with van der Waals surface area (Å²) in [6, 6.07) is 3.50. The van der Waals surface area contributed by atoms with Crippen LogP contribution in [0.2, 0.25) is 0 Å². The highest BCUT2D eigenvalue weighted by Crippen LogP contribution is 2.61. The number of benzene rings is 2. The fourth-order valence-corrected chi connectivity index (χ4v) is 15.0. The molecular weight excluding hydrogens is 1160 g/mol. The highest BCUT2D eigenvalue weighted by molar-refractivity contribution is 7.99. The van der Waals surface area contributed by atoms with E-state index in [1.54, 1.807) is 64.2 Å². The number of sulfonamides is 1. The van der Waals surface area contributed by atoms with Crippen molar-refractivity contribution in [3.63, 3.8) is 0 Å². The number of nitrogens with two attached hydrogens (primary N) is 3. The number of aliphatic hydroxyl groups excluding tert-OH is 4. The van der Waals surface area contributed by atoms with Gasteiger partial charge in [-0.15, -0.1) is 3.63 Å². The van der Waals surface area contributed by atoms with Crippen molar-refractivity contribution >= 4 is 88.1 Å². The number of Topliss-reactive ketones (excluding diaryl/α,β-unsaturated/α-hetero) is 4. The Bertz CT molecular complexity index is 3640. The number of aromatic hydroxyl groups is 2. The maximum absolute atomic E-state index is 14.2. The number of amides is 2. The lowest BCUT2D eigenvalue weighted by Gasteiger charge is -2.55. The molecule has 2 aromatic rings. The standard InChI is InChI=1S/C25H32N4O9S.C24H30N4O7.C2H6O5S2/c1-28(2)13-6-7-14(30)15-11(13)8-24(10-27-39(5,37)38)9-12-18(29(3)4)20(32)16(23(26)35)21(33)25(12,36)22(34)17(24)19(15)31;1-27(2)12-5-6-13(29)14-10(12)7-23(9-25)8-11-17(28(3)4)19(31)15(22(26)34)20(32)24(11,35)21(33)16(23)18(14)30;1-8(3,4)7-9(2,5)6/h6-7,12,18,27,30-31,33,36H,8-10H2,1-5H3,(H2,26,35);5-6,11,17,29-30,32,35H,7-9,25H2,1-4H3,(H2,26,34);1-2H3/t12-,18-,24-,25+;11-,17-,23-,24+;/m00./s1. The number of carbonyl (C=O) groups excluding carboxylic acids is 6. The number of carbonyl (C=O) groups is 6. The maximum atomic E-state index is 14.2. The summed E-state index contributed by atoms with van der Waals surface area (Å²) < 4.78 is 70.5. The molecule has 0 unspecified atom stereocenters. The smallest absolute Gasteiger partial charge is 0.278 e. The van der Waals surface area contributed by atoms with Crippen LogP contribution in [0.15, 0.2) is 58.1 Å². The lowest BCUT2D eigenvalue weighted by molar-refractivity contribution is -0.158. The number of phenols is 2. The molecular formula is C51H68N8O21S3. The minimum atomic E-state index is -3.87. The van der Waals surface area contributed by atoms with Gasteiger partial charge >= 0.3 is 0 Å². The van der Waals surface area contributed by atoms with Crippen LogP contribution in [-0.4, -0.2) is 222 Å². The molecule has 6 aliphatic rings. The number of phenolic OH excluding ortho intramolecular Hbond substituents is 2. The van der Waals surface area contributed by atoms with Gasteiger partial charge in [-0.3, -0.25) is 38.6 Å². The number of fused-ring (bicyclic) bond motifs is 6. The summed E-state index contributed by atoms with van der Waals surface area (Å²) >= 11 is 0. The molecule has 0 saturated heterocycles. The molecule has 83 heavy (non-hydrogen) atoms. The Kier molecular flexibility index (Phi) is 17.2. The third kappa shape index (κ3) is 11.0. The second-order valence-corrected chi connectivity index (χ2v) is 27.6. The topological polar surface area (TPSA) is 479 Å². The Hall–Kier alpha value is -7.01. The molecule has 0 aromatic heterocycles. The summed E-state index contributed by atoms with van der Waals surface area (Å²) in [6.45, 7) is -0.541. The van der Waals surface area contributed by atoms with Gasteiger partial charge in [0.1, 0.15) is 45.7 Å². The molecule has 8 atom stereocenters. The van der Waals surface area contributed by atoms with Crippen molar-refractivity contribution < 1.29 is 98.5 Å². The molecule has 29 nitrogen and oxygen atoms in total. The monoisotopic (exact) mass is 1220 g/mol. The van der Waals surface area contributed by atoms with Crippen LogP contribution in [0.25, 0.3) is 11.5 Å². The lowest BCUT2D eigenvalue weighted by atomic mass is 9.51. The molecule has 0 aliphatic heterocycles. The van der Waals surface area contributed by atoms with Gasteiger partial charge in [0.05, 0.1) is 42.0 Å². The molecule has 0 bridgehead atoms. The van der Waals surface area contributed by atoms with Crippen molar-refractivity contribution in [2.45, 2.75) is 49.0 Å². The van der Waals surface area contributed by atoms with E-state index in [4.69, 9.17) is 17.2 Å². The van der Waals surface area contributed by atoms with Crippen LogP contribution in [0, 0.1) is 22.7 Å². The number of hydrogen-bond donors (Lipinski definition) is 12. The first-order valence-electron chi connectivity index (χ1n) is 24.9. The molecule has 2 aromatic carbocycles. The van der Waals surface area contributed by atoms with Gasteiger partial charge in [0, 0.05) is 86.5 Å². The first-order valence-corrected chi connectivity index (χ1v) is 30.5. The van der Waals surface area contributed by atoms with Crippen LogP contribution in [0.4, 0.5) is 11.4 Å². The van der Waals surface area contributed by atoms with E-state index in [0.29, 0.717) is 35.0 Å². The largest absolute Gasteiger partial charge is 0.508 e. The maximum Gasteiger partial charge on any atom is 0.278 e. The number of primary amides is 2. The van der Waals surface area contributed by atoms with Crippen molar-refractivity contribution in [3.8, 4) is 11.5 Å². The van der Waals surface area contributed by atoms with E-state index in [1.807, 2.05) is 0 Å². The van der Waals surface area contributed by atoms with E-state index < -0.39 is 157 Å². The van der Waals surface area contributed by atoms with Crippen LogP contribution in [0.1, 0.15) is 35.1 Å². The molecule has 32 heteroatoms. The summed E-state index contributed by atoms with van der Waals surface area (Å²) in [7, 11) is 1.53. The molecule has 2 saturated carbocycles. The van der Waals surface area contributed by atoms with E-state index >= 15 is 0 Å². The number of ketones is 4. The number of rotatable bonds is 12. The SMILES string of the molecule is CN(C)c1ccc(O)c2c1C[C@@]1(CN)C[C@H]3[C@H](N(C)C)C(=O)C(C(N)=O)=C(O)[C@@]3(O)C(=O)C1=C2O.CN(C)c1ccc(O)c2c1C[C@@]1(CNS(C)(=O)=O)C[C@H]3[C@H](N(C)C)C(=O)C(C(N)=O)=C(O)[C@@]3(O)C(=O)C1=C2O.CS(=O)(=O)OS(C)(=O)=O. The highest BCUT2D eigenvalue weighted by Gasteiger charge is 2.69. The predicted molar refractivity (Wildman–Crippen MR) is 298 cm³/mol. The number of hydrogen-bond acceptors (Lipinski definition) is 26. The summed E-state index contributed by atoms with van der Waals surface area (Å²) in [5.74, 6) is -13.5. The van der Waals surface area contributed by atoms with Gasteiger partial charge in [-0.25, -0.2) is 13.1 Å². The first-order chi connectivity index (χ1) is 37.8. The van der Waals surface area contributed by atoms with Crippen molar-refractivity contribution in [2.75, 3.05) is 98.0 Å². The molecule has 0 radical (unpaired) electrons. The third-order valence-corrected chi connectivity index (χ3v) is 18.5. The average Bonchev–Trinajstić information content (AvgIpc) is 0.782. The van der Waals surface area contributed by atoms with Crippen LogP contribution in [0.3, 0.4) is 0 Å². The third-order valence-electron chi connectivity index (χ3n) is 15.9. The van der Waals surface area contributed by atoms with E-state index in [1.165, 1.54) is 36.0 Å². The summed E-state index contributed by atoms with van der Waals surface area (Å²) in [6.07, 6.45) is 1.94. The second kappa shape index (κ2) is 21.9. The molecule has 2 fully saturated rings. The molecule has 2 amide bonds. The van der Waals surface area contributed by atoms with Crippen LogP contribution >= 0.6 is 0 Å². The summed E-state index contributed by atoms with van der Waals surface area (Å²) in [5.41, 5.74) is 8.28. The molecule has 8 rings (SSSR count). The minimum Gasteiger partial charge on any atom is -0.508 e. The first kappa shape index (κ1) is 65.1. The second-order valence-electron chi connectivity index (χ2n) is 22.4. The minimum absolute atomic E-state index is 0.0281. The fraction of sp³-hybridized carbons (Fsp3) is 0.490. The van der Waals surface area contributed by atoms with Gasteiger partial charge < -0.3 is 67.9 Å². The lowest BCUT2D eigenvalue weighted by Crippen LogP contribution is -2.68. The molecule has 0 spiro atoms. The number of anilines is 2. The van der Waals surface area contributed by atoms with Gasteiger partial charge in [0.25, 0.3) is 32.1 Å². The van der Waals surface area contributed by atoms with Crippen LogP contribution < -0.4 is 31.7 Å². The van der Waals surface area contributed by atoms with E-state index in [9.17, 15) is 94.9 Å². The zero-order valence-electron chi connectivity index (χ0n) is 47.0. The molecule has 456 valence electrons. The van der Waals surface area contributed by atoms with Gasteiger partial charge in [0.2, 0.25) is 21.6 Å². The Balaban J connectivity index is 0.000000233. The number of nitrogens with zero attached hydrogens (tertiary/aromatic N) is 4. The van der Waals surface area contributed by atoms with Crippen molar-refractivity contribution in [3.05, 3.63) is 80.3 Å². The van der Waals surface area contributed by atoms with E-state index in [2.05, 4.69) is 8.35 Å². The van der Waals surface area contributed by atoms with Crippen molar-refractivity contribution in [1.29, 1.82) is 0 Å². The summed E-state index contributed by atoms with van der Waals surface area (Å²) in [4.78, 5) is 85.4. The normalized spacial score (nSPS) is 27.8. The van der Waals surface area contributed by atoms with Gasteiger partial charge in [-0.2, -0.15) is 16.8 Å². The quantitative estimate of drug-likeness (QED) is 0.0957. The Morgan fingerprint density at radius 3 is 1.23 bits per heavy atom. The van der Waals surface area contributed by atoms with Gasteiger partial charge in [-0.05, 0) is 89.3 Å². The molecule has 15 N–H and O–H groups in total. The zero-order valence-corrected chi connectivity index (χ0v) is 49.4. The molecule has 6 aliphatic carbocycles. The molecule has 0 heterocycles. The number of aliphatic hydroxyl groups is 6. The van der Waals surface area contributed by atoms with Gasteiger partial charge in [-0.1, -0.05) is 0 Å². The Morgan fingerprint density at radius 2 is 0.940 bits per heavy atom. The average molecular weight is 1230 g/mol. The van der Waals surface area contributed by atoms with Crippen molar-refractivity contribution in [1.82, 2.24) is 14.5 Å². The summed E-state index contributed by atoms with van der Waals surface area (Å²) in [5, 5.41) is 89.6. The Morgan fingerprint density at radius 1 is 0.602 bits per heavy atom. The number of likely N-dealkylation sites (N-methyl/N-ethyl adjacent to an activating group) is 2. The fourth-order valence-electron chi connectivity index (χ4n) is 12.6. The van der Waals surface area contributed by atoms with Crippen LogP contribution in [-0.2, 0) is 75.5 Å².